The molecule has 0 radical (unpaired) electrons. The minimum absolute atomic E-state index is 0.293. The highest BCUT2D eigenvalue weighted by atomic mass is 16.5. The van der Waals surface area contributed by atoms with E-state index in [2.05, 4.69) is 20.8 Å². The van der Waals surface area contributed by atoms with Crippen LogP contribution in [0.4, 0.5) is 0 Å². The molecule has 1 nitrogen and oxygen atoms in total. The number of hydrogen-bond donors (Lipinski definition) is 0. The van der Waals surface area contributed by atoms with E-state index in [9.17, 15) is 0 Å². The predicted octanol–water partition coefficient (Wildman–Crippen LogP) is 2.63. The molecule has 10 heavy (non-hydrogen) atoms. The summed E-state index contributed by atoms with van der Waals surface area (Å²) in [6.07, 6.45) is 4.02. The molecule has 0 N–H and O–H groups in total. The van der Waals surface area contributed by atoms with Gasteiger partial charge in [-0.15, -0.1) is 0 Å². The Kier molecular flexibility index (Phi) is 4.37. The fourth-order valence-corrected chi connectivity index (χ4v) is 0.529. The summed E-state index contributed by atoms with van der Waals surface area (Å²) in [6, 6.07) is 0. The van der Waals surface area contributed by atoms with Gasteiger partial charge in [0.1, 0.15) is 0 Å². The summed E-state index contributed by atoms with van der Waals surface area (Å²) in [5.74, 6) is 0. The Morgan fingerprint density at radius 1 is 1.30 bits per heavy atom. The lowest BCUT2D eigenvalue weighted by Crippen LogP contribution is -2.14. The van der Waals surface area contributed by atoms with E-state index in [1.54, 1.807) is 0 Å². The molecule has 0 heterocycles. The quantitative estimate of drug-likeness (QED) is 0.435. The van der Waals surface area contributed by atoms with Crippen molar-refractivity contribution in [3.05, 3.63) is 12.2 Å². The van der Waals surface area contributed by atoms with Crippen molar-refractivity contribution in [2.24, 2.45) is 5.41 Å². The highest BCUT2D eigenvalue weighted by molar-refractivity contribution is 4.76. The van der Waals surface area contributed by atoms with Gasteiger partial charge in [0, 0.05) is 0 Å². The number of hydrogen-bond acceptors (Lipinski definition) is 1. The monoisotopic (exact) mass is 142 g/mol. The molecule has 0 saturated carbocycles. The Hall–Kier alpha value is -0.300. The van der Waals surface area contributed by atoms with E-state index in [0.717, 1.165) is 13.2 Å². The fraction of sp³-hybridized carbons (Fsp3) is 0.778. The maximum Gasteiger partial charge on any atom is 0.0647 e. The van der Waals surface area contributed by atoms with Gasteiger partial charge in [-0.2, -0.15) is 0 Å². The van der Waals surface area contributed by atoms with Crippen molar-refractivity contribution < 1.29 is 4.74 Å². The Bertz CT molecular complexity index is 97.8. The maximum atomic E-state index is 5.35. The highest BCUT2D eigenvalue weighted by Gasteiger charge is 2.08. The second-order valence-electron chi connectivity index (χ2n) is 3.64. The van der Waals surface area contributed by atoms with Crippen molar-refractivity contribution in [3.8, 4) is 0 Å². The fourth-order valence-electron chi connectivity index (χ4n) is 0.529. The largest absolute Gasteiger partial charge is 0.377 e. The van der Waals surface area contributed by atoms with Crippen LogP contribution in [0.2, 0.25) is 0 Å². The van der Waals surface area contributed by atoms with E-state index in [1.807, 2.05) is 19.1 Å². The molecular formula is C9H18O. The molecule has 0 amide bonds. The Balaban J connectivity index is 3.20. The Morgan fingerprint density at radius 2 is 1.90 bits per heavy atom. The lowest BCUT2D eigenvalue weighted by atomic mass is 9.99. The minimum atomic E-state index is 0.293. The first-order valence-corrected chi connectivity index (χ1v) is 3.75. The Labute approximate surface area is 64.1 Å². The first-order chi connectivity index (χ1) is 4.56. The summed E-state index contributed by atoms with van der Waals surface area (Å²) in [5.41, 5.74) is 0.293. The smallest absolute Gasteiger partial charge is 0.0647 e. The predicted molar refractivity (Wildman–Crippen MR) is 45.1 cm³/mol. The first kappa shape index (κ1) is 9.70. The summed E-state index contributed by atoms with van der Waals surface area (Å²) in [5, 5.41) is 0. The minimum Gasteiger partial charge on any atom is -0.377 e. The van der Waals surface area contributed by atoms with E-state index in [4.69, 9.17) is 4.74 Å². The second-order valence-corrected chi connectivity index (χ2v) is 3.64. The number of allylic oxidation sites excluding steroid dienone is 1. The van der Waals surface area contributed by atoms with Gasteiger partial charge in [-0.1, -0.05) is 32.9 Å². The molecule has 0 rings (SSSR count). The van der Waals surface area contributed by atoms with E-state index in [1.165, 1.54) is 0 Å². The highest BCUT2D eigenvalue weighted by Crippen LogP contribution is 2.12. The SMILES string of the molecule is C/C=C\COCC(C)(C)C. The molecule has 60 valence electrons. The van der Waals surface area contributed by atoms with Crippen LogP contribution >= 0.6 is 0 Å². The lowest BCUT2D eigenvalue weighted by molar-refractivity contribution is 0.0909. The third-order valence-corrected chi connectivity index (χ3v) is 0.985. The van der Waals surface area contributed by atoms with Crippen LogP contribution in [0.3, 0.4) is 0 Å². The van der Waals surface area contributed by atoms with Crippen molar-refractivity contribution >= 4 is 0 Å². The zero-order valence-electron chi connectivity index (χ0n) is 7.48. The van der Waals surface area contributed by atoms with Gasteiger partial charge in [-0.25, -0.2) is 0 Å². The molecule has 0 aliphatic carbocycles. The molecule has 0 aliphatic heterocycles. The van der Waals surface area contributed by atoms with E-state index in [-0.39, 0.29) is 0 Å². The van der Waals surface area contributed by atoms with Crippen molar-refractivity contribution in [1.29, 1.82) is 0 Å². The molecule has 0 atom stereocenters. The maximum absolute atomic E-state index is 5.35. The Morgan fingerprint density at radius 3 is 2.30 bits per heavy atom. The third-order valence-electron chi connectivity index (χ3n) is 0.985. The molecule has 0 aromatic carbocycles. The van der Waals surface area contributed by atoms with Gasteiger partial charge in [0.25, 0.3) is 0 Å². The van der Waals surface area contributed by atoms with Crippen molar-refractivity contribution in [2.75, 3.05) is 13.2 Å². The van der Waals surface area contributed by atoms with Gasteiger partial charge in [0.2, 0.25) is 0 Å². The molecule has 0 aliphatic rings. The first-order valence-electron chi connectivity index (χ1n) is 3.75. The summed E-state index contributed by atoms with van der Waals surface area (Å²) >= 11 is 0. The van der Waals surface area contributed by atoms with Crippen LogP contribution in [0.25, 0.3) is 0 Å². The summed E-state index contributed by atoms with van der Waals surface area (Å²) < 4.78 is 5.35. The molecule has 0 spiro atoms. The third kappa shape index (κ3) is 7.70. The van der Waals surface area contributed by atoms with Crippen LogP contribution in [0.5, 0.6) is 0 Å². The van der Waals surface area contributed by atoms with Gasteiger partial charge in [0.15, 0.2) is 0 Å². The molecule has 0 saturated heterocycles. The lowest BCUT2D eigenvalue weighted by Gasteiger charge is -2.16. The van der Waals surface area contributed by atoms with Gasteiger partial charge in [-0.3, -0.25) is 0 Å². The molecular weight excluding hydrogens is 124 g/mol. The van der Waals surface area contributed by atoms with Crippen molar-refractivity contribution in [2.45, 2.75) is 27.7 Å². The molecule has 0 unspecified atom stereocenters. The average molecular weight is 142 g/mol. The number of rotatable bonds is 3. The molecule has 1 heteroatoms. The van der Waals surface area contributed by atoms with Gasteiger partial charge >= 0.3 is 0 Å². The zero-order valence-corrected chi connectivity index (χ0v) is 7.48. The van der Waals surface area contributed by atoms with Crippen LogP contribution in [0.1, 0.15) is 27.7 Å². The molecule has 0 aromatic rings. The standard InChI is InChI=1S/C9H18O/c1-5-6-7-10-8-9(2,3)4/h5-6H,7-8H2,1-4H3/b6-5-. The van der Waals surface area contributed by atoms with Gasteiger partial charge < -0.3 is 4.74 Å². The normalized spacial score (nSPS) is 12.8. The van der Waals surface area contributed by atoms with Crippen LogP contribution in [-0.2, 0) is 4.74 Å². The number of ether oxygens (including phenoxy) is 1. The molecule has 0 aromatic heterocycles. The average Bonchev–Trinajstić information content (AvgIpc) is 1.78. The summed E-state index contributed by atoms with van der Waals surface area (Å²) in [4.78, 5) is 0. The van der Waals surface area contributed by atoms with Crippen LogP contribution in [0.15, 0.2) is 12.2 Å². The van der Waals surface area contributed by atoms with Gasteiger partial charge in [0.05, 0.1) is 13.2 Å². The molecule has 0 fully saturated rings. The van der Waals surface area contributed by atoms with Crippen molar-refractivity contribution in [3.63, 3.8) is 0 Å². The van der Waals surface area contributed by atoms with E-state index >= 15 is 0 Å². The zero-order chi connectivity index (χ0) is 8.04. The summed E-state index contributed by atoms with van der Waals surface area (Å²) in [6.45, 7) is 10.1. The topological polar surface area (TPSA) is 9.23 Å². The summed E-state index contributed by atoms with van der Waals surface area (Å²) in [7, 11) is 0. The van der Waals surface area contributed by atoms with Crippen LogP contribution in [-0.4, -0.2) is 13.2 Å². The molecule has 0 bridgehead atoms. The van der Waals surface area contributed by atoms with Gasteiger partial charge in [-0.05, 0) is 12.3 Å². The van der Waals surface area contributed by atoms with Crippen molar-refractivity contribution in [1.82, 2.24) is 0 Å². The van der Waals surface area contributed by atoms with E-state index in [0.29, 0.717) is 5.41 Å². The van der Waals surface area contributed by atoms with Crippen LogP contribution in [0, 0.1) is 5.41 Å². The van der Waals surface area contributed by atoms with E-state index < -0.39 is 0 Å². The second kappa shape index (κ2) is 4.51. The van der Waals surface area contributed by atoms with Crippen LogP contribution < -0.4 is 0 Å².